The van der Waals surface area contributed by atoms with Gasteiger partial charge in [0, 0.05) is 0 Å². The highest BCUT2D eigenvalue weighted by Crippen LogP contribution is 2.21. The SMILES string of the molecule is NCCCO[C@H]1O[C@H](CO)[C@@H](O)[C@H](O)[C@H]1O. The molecule has 7 nitrogen and oxygen atoms in total. The van der Waals surface area contributed by atoms with E-state index in [0.717, 1.165) is 0 Å². The maximum absolute atomic E-state index is 9.55. The molecule has 1 rings (SSSR count). The molecule has 6 N–H and O–H groups in total. The molecule has 0 radical (unpaired) electrons. The van der Waals surface area contributed by atoms with Gasteiger partial charge in [-0.3, -0.25) is 0 Å². The van der Waals surface area contributed by atoms with Crippen LogP contribution >= 0.6 is 0 Å². The molecule has 1 aliphatic heterocycles. The summed E-state index contributed by atoms with van der Waals surface area (Å²) in [6.07, 6.45) is -5.48. The highest BCUT2D eigenvalue weighted by molar-refractivity contribution is 4.88. The van der Waals surface area contributed by atoms with E-state index < -0.39 is 37.3 Å². The predicted octanol–water partition coefficient (Wildman–Crippen LogP) is -2.85. The summed E-state index contributed by atoms with van der Waals surface area (Å²) in [6, 6.07) is 0. The normalized spacial score (nSPS) is 39.9. The molecule has 0 bridgehead atoms. The second kappa shape index (κ2) is 6.45. The van der Waals surface area contributed by atoms with Crippen molar-refractivity contribution in [3.63, 3.8) is 0 Å². The third-order valence-corrected chi connectivity index (χ3v) is 2.48. The van der Waals surface area contributed by atoms with Gasteiger partial charge in [-0.15, -0.1) is 0 Å². The Balaban J connectivity index is 2.50. The summed E-state index contributed by atoms with van der Waals surface area (Å²) in [5.41, 5.74) is 5.27. The highest BCUT2D eigenvalue weighted by Gasteiger charge is 2.43. The van der Waals surface area contributed by atoms with Crippen molar-refractivity contribution >= 4 is 0 Å². The Bertz CT molecular complexity index is 202. The third-order valence-electron chi connectivity index (χ3n) is 2.48. The molecule has 0 spiro atoms. The lowest BCUT2D eigenvalue weighted by molar-refractivity contribution is -0.301. The minimum Gasteiger partial charge on any atom is -0.394 e. The van der Waals surface area contributed by atoms with Crippen LogP contribution in [-0.4, -0.2) is 70.9 Å². The number of hydrogen-bond donors (Lipinski definition) is 5. The third kappa shape index (κ3) is 3.11. The van der Waals surface area contributed by atoms with Crippen LogP contribution in [0.15, 0.2) is 0 Å². The fourth-order valence-corrected chi connectivity index (χ4v) is 1.49. The Hall–Kier alpha value is -0.280. The molecular weight excluding hydrogens is 218 g/mol. The fraction of sp³-hybridized carbons (Fsp3) is 1.00. The average molecular weight is 237 g/mol. The zero-order chi connectivity index (χ0) is 12.1. The Morgan fingerprint density at radius 1 is 1.12 bits per heavy atom. The van der Waals surface area contributed by atoms with Crippen LogP contribution in [0.5, 0.6) is 0 Å². The predicted molar refractivity (Wildman–Crippen MR) is 53.4 cm³/mol. The van der Waals surface area contributed by atoms with Gasteiger partial charge in [0.15, 0.2) is 6.29 Å². The van der Waals surface area contributed by atoms with Crippen molar-refractivity contribution in [2.45, 2.75) is 37.1 Å². The van der Waals surface area contributed by atoms with E-state index in [1.54, 1.807) is 0 Å². The van der Waals surface area contributed by atoms with Crippen LogP contribution in [-0.2, 0) is 9.47 Å². The minimum atomic E-state index is -1.39. The highest BCUT2D eigenvalue weighted by atomic mass is 16.7. The smallest absolute Gasteiger partial charge is 0.186 e. The second-order valence-corrected chi connectivity index (χ2v) is 3.71. The van der Waals surface area contributed by atoms with Crippen LogP contribution in [0.1, 0.15) is 6.42 Å². The summed E-state index contributed by atoms with van der Waals surface area (Å²) in [6.45, 7) is 0.262. The van der Waals surface area contributed by atoms with Gasteiger partial charge < -0.3 is 35.6 Å². The molecule has 96 valence electrons. The van der Waals surface area contributed by atoms with Gasteiger partial charge >= 0.3 is 0 Å². The van der Waals surface area contributed by atoms with Gasteiger partial charge in [0.2, 0.25) is 0 Å². The molecule has 0 aromatic carbocycles. The topological polar surface area (TPSA) is 125 Å². The van der Waals surface area contributed by atoms with Crippen LogP contribution in [0.25, 0.3) is 0 Å². The van der Waals surface area contributed by atoms with E-state index in [4.69, 9.17) is 20.3 Å². The van der Waals surface area contributed by atoms with Gasteiger partial charge in [0.1, 0.15) is 24.4 Å². The van der Waals surface area contributed by atoms with Gasteiger partial charge in [-0.1, -0.05) is 0 Å². The lowest BCUT2D eigenvalue weighted by Gasteiger charge is -2.39. The molecule has 16 heavy (non-hydrogen) atoms. The maximum atomic E-state index is 9.55. The minimum absolute atomic E-state index is 0.277. The van der Waals surface area contributed by atoms with E-state index in [1.807, 2.05) is 0 Å². The van der Waals surface area contributed by atoms with Gasteiger partial charge in [-0.05, 0) is 13.0 Å². The first-order valence-corrected chi connectivity index (χ1v) is 5.24. The molecule has 1 heterocycles. The van der Waals surface area contributed by atoms with Crippen molar-refractivity contribution in [1.82, 2.24) is 0 Å². The van der Waals surface area contributed by atoms with Gasteiger partial charge in [0.25, 0.3) is 0 Å². The molecule has 0 aromatic heterocycles. The molecule has 0 aliphatic carbocycles. The summed E-state index contributed by atoms with van der Waals surface area (Å²) in [5, 5.41) is 37.4. The van der Waals surface area contributed by atoms with Crippen LogP contribution in [0, 0.1) is 0 Å². The van der Waals surface area contributed by atoms with E-state index in [9.17, 15) is 15.3 Å². The van der Waals surface area contributed by atoms with Crippen molar-refractivity contribution in [2.24, 2.45) is 5.73 Å². The molecule has 5 atom stereocenters. The first-order valence-electron chi connectivity index (χ1n) is 5.24. The van der Waals surface area contributed by atoms with Crippen LogP contribution in [0.2, 0.25) is 0 Å². The van der Waals surface area contributed by atoms with Gasteiger partial charge in [-0.2, -0.15) is 0 Å². The molecule has 1 saturated heterocycles. The van der Waals surface area contributed by atoms with Gasteiger partial charge in [-0.25, -0.2) is 0 Å². The van der Waals surface area contributed by atoms with E-state index in [2.05, 4.69) is 0 Å². The average Bonchev–Trinajstić information content (AvgIpc) is 2.29. The number of nitrogens with two attached hydrogens (primary N) is 1. The van der Waals surface area contributed by atoms with E-state index in [0.29, 0.717) is 13.0 Å². The van der Waals surface area contributed by atoms with E-state index in [-0.39, 0.29) is 6.61 Å². The standard InChI is InChI=1S/C9H19NO6/c10-2-1-3-15-9-8(14)7(13)6(12)5(4-11)16-9/h5-9,11-14H,1-4,10H2/t5-,6-,7+,8-,9+/m1/s1. The zero-order valence-electron chi connectivity index (χ0n) is 8.90. The summed E-state index contributed by atoms with van der Waals surface area (Å²) >= 11 is 0. The second-order valence-electron chi connectivity index (χ2n) is 3.71. The zero-order valence-corrected chi connectivity index (χ0v) is 8.90. The van der Waals surface area contributed by atoms with Crippen molar-refractivity contribution in [2.75, 3.05) is 19.8 Å². The number of aliphatic hydroxyl groups is 4. The Kier molecular flexibility index (Phi) is 5.56. The largest absolute Gasteiger partial charge is 0.394 e. The number of rotatable bonds is 5. The summed E-state index contributed by atoms with van der Waals surface area (Å²) in [7, 11) is 0. The van der Waals surface area contributed by atoms with Crippen molar-refractivity contribution in [1.29, 1.82) is 0 Å². The van der Waals surface area contributed by atoms with Gasteiger partial charge in [0.05, 0.1) is 13.2 Å². The Morgan fingerprint density at radius 3 is 2.38 bits per heavy atom. The maximum Gasteiger partial charge on any atom is 0.186 e. The summed E-state index contributed by atoms with van der Waals surface area (Å²) in [5.74, 6) is 0. The van der Waals surface area contributed by atoms with Crippen molar-refractivity contribution < 1.29 is 29.9 Å². The molecule has 7 heteroatoms. The lowest BCUT2D eigenvalue weighted by atomic mass is 9.99. The van der Waals surface area contributed by atoms with Crippen molar-refractivity contribution in [3.05, 3.63) is 0 Å². The molecule has 1 aliphatic rings. The molecule has 0 amide bonds. The summed E-state index contributed by atoms with van der Waals surface area (Å²) in [4.78, 5) is 0. The Labute approximate surface area is 93.4 Å². The summed E-state index contributed by atoms with van der Waals surface area (Å²) < 4.78 is 10.3. The lowest BCUT2D eigenvalue weighted by Crippen LogP contribution is -2.59. The fourth-order valence-electron chi connectivity index (χ4n) is 1.49. The van der Waals surface area contributed by atoms with Crippen molar-refractivity contribution in [3.8, 4) is 0 Å². The first-order chi connectivity index (χ1) is 7.61. The molecule has 0 aromatic rings. The molecule has 0 unspecified atom stereocenters. The van der Waals surface area contributed by atoms with Crippen LogP contribution < -0.4 is 5.73 Å². The number of aliphatic hydroxyl groups excluding tert-OH is 4. The Morgan fingerprint density at radius 2 is 1.81 bits per heavy atom. The van der Waals surface area contributed by atoms with E-state index >= 15 is 0 Å². The molecule has 1 fully saturated rings. The quantitative estimate of drug-likeness (QED) is 0.326. The van der Waals surface area contributed by atoms with Crippen LogP contribution in [0.3, 0.4) is 0 Å². The number of hydrogen-bond acceptors (Lipinski definition) is 7. The molecular formula is C9H19NO6. The monoisotopic (exact) mass is 237 g/mol. The van der Waals surface area contributed by atoms with Crippen LogP contribution in [0.4, 0.5) is 0 Å². The van der Waals surface area contributed by atoms with E-state index in [1.165, 1.54) is 0 Å². The molecule has 0 saturated carbocycles. The number of ether oxygens (including phenoxy) is 2. The first kappa shape index (κ1) is 13.8.